The molecular weight excluding hydrogens is 190 g/mol. The Morgan fingerprint density at radius 2 is 1.93 bits per heavy atom. The fourth-order valence-electron chi connectivity index (χ4n) is 1.19. The van der Waals surface area contributed by atoms with E-state index in [-0.39, 0.29) is 5.56 Å². The summed E-state index contributed by atoms with van der Waals surface area (Å²) in [5, 5.41) is 8.36. The zero-order chi connectivity index (χ0) is 10.9. The number of rotatable bonds is 2. The van der Waals surface area contributed by atoms with Gasteiger partial charge < -0.3 is 5.11 Å². The lowest BCUT2D eigenvalue weighted by atomic mass is 10.0. The largest absolute Gasteiger partial charge is 0.477 e. The second kappa shape index (κ2) is 3.36. The highest BCUT2D eigenvalue weighted by Crippen LogP contribution is 2.31. The van der Waals surface area contributed by atoms with Gasteiger partial charge in [-0.05, 0) is 25.5 Å². The molecule has 0 aliphatic rings. The maximum Gasteiger partial charge on any atom is 0.379 e. The quantitative estimate of drug-likeness (QED) is 0.796. The standard InChI is InChI=1S/C10H10F2O2/c1-6-3-4-7(2)8(5-6)10(11,12)9(13)14/h3-5H,1-2H3,(H,13,14). The van der Waals surface area contributed by atoms with Crippen molar-refractivity contribution in [2.75, 3.05) is 0 Å². The van der Waals surface area contributed by atoms with E-state index in [0.29, 0.717) is 5.56 Å². The fourth-order valence-corrected chi connectivity index (χ4v) is 1.19. The van der Waals surface area contributed by atoms with Crippen molar-refractivity contribution in [1.29, 1.82) is 0 Å². The van der Waals surface area contributed by atoms with E-state index < -0.39 is 17.5 Å². The fraction of sp³-hybridized carbons (Fsp3) is 0.300. The molecule has 0 amide bonds. The van der Waals surface area contributed by atoms with Crippen molar-refractivity contribution in [3.63, 3.8) is 0 Å². The summed E-state index contributed by atoms with van der Waals surface area (Å²) in [4.78, 5) is 10.3. The third-order valence-electron chi connectivity index (χ3n) is 2.00. The smallest absolute Gasteiger partial charge is 0.379 e. The van der Waals surface area contributed by atoms with Crippen molar-refractivity contribution in [3.05, 3.63) is 34.9 Å². The lowest BCUT2D eigenvalue weighted by Gasteiger charge is -2.14. The van der Waals surface area contributed by atoms with Gasteiger partial charge in [0.1, 0.15) is 0 Å². The number of hydrogen-bond acceptors (Lipinski definition) is 1. The molecule has 1 N–H and O–H groups in total. The van der Waals surface area contributed by atoms with Gasteiger partial charge in [-0.1, -0.05) is 17.7 Å². The Kier molecular flexibility index (Phi) is 2.55. The molecule has 1 aromatic rings. The van der Waals surface area contributed by atoms with Gasteiger partial charge in [0.25, 0.3) is 0 Å². The van der Waals surface area contributed by atoms with E-state index in [1.54, 1.807) is 13.0 Å². The van der Waals surface area contributed by atoms with Gasteiger partial charge in [0.15, 0.2) is 0 Å². The van der Waals surface area contributed by atoms with Crippen LogP contribution in [0.3, 0.4) is 0 Å². The Morgan fingerprint density at radius 3 is 2.43 bits per heavy atom. The molecular formula is C10H10F2O2. The Bertz CT molecular complexity index is 372. The van der Waals surface area contributed by atoms with Gasteiger partial charge in [-0.25, -0.2) is 4.79 Å². The molecule has 0 bridgehead atoms. The number of carboxylic acid groups (broad SMARTS) is 1. The summed E-state index contributed by atoms with van der Waals surface area (Å²) < 4.78 is 26.2. The second-order valence-electron chi connectivity index (χ2n) is 3.20. The molecule has 0 radical (unpaired) electrons. The Balaban J connectivity index is 3.31. The molecule has 14 heavy (non-hydrogen) atoms. The Hall–Kier alpha value is -1.45. The van der Waals surface area contributed by atoms with E-state index in [2.05, 4.69) is 0 Å². The van der Waals surface area contributed by atoms with Crippen molar-refractivity contribution in [2.24, 2.45) is 0 Å². The molecule has 76 valence electrons. The molecule has 0 spiro atoms. The van der Waals surface area contributed by atoms with Crippen molar-refractivity contribution in [1.82, 2.24) is 0 Å². The van der Waals surface area contributed by atoms with Crippen molar-refractivity contribution in [3.8, 4) is 0 Å². The van der Waals surface area contributed by atoms with Gasteiger partial charge in [0, 0.05) is 5.56 Å². The summed E-state index contributed by atoms with van der Waals surface area (Å²) in [6, 6.07) is 4.35. The summed E-state index contributed by atoms with van der Waals surface area (Å²) in [5.74, 6) is -5.93. The number of benzene rings is 1. The maximum absolute atomic E-state index is 13.1. The van der Waals surface area contributed by atoms with Crippen LogP contribution >= 0.6 is 0 Å². The zero-order valence-electron chi connectivity index (χ0n) is 7.84. The van der Waals surface area contributed by atoms with Crippen LogP contribution in [0.2, 0.25) is 0 Å². The number of halogens is 2. The summed E-state index contributed by atoms with van der Waals surface area (Å²) in [6.45, 7) is 3.10. The van der Waals surface area contributed by atoms with Gasteiger partial charge >= 0.3 is 11.9 Å². The van der Waals surface area contributed by atoms with Gasteiger partial charge in [-0.15, -0.1) is 0 Å². The van der Waals surface area contributed by atoms with Crippen LogP contribution in [0, 0.1) is 13.8 Å². The van der Waals surface area contributed by atoms with E-state index >= 15 is 0 Å². The molecule has 0 unspecified atom stereocenters. The minimum Gasteiger partial charge on any atom is -0.477 e. The van der Waals surface area contributed by atoms with E-state index in [4.69, 9.17) is 5.11 Å². The number of hydrogen-bond donors (Lipinski definition) is 1. The summed E-state index contributed by atoms with van der Waals surface area (Å²) in [7, 11) is 0. The van der Waals surface area contributed by atoms with E-state index in [1.807, 2.05) is 0 Å². The third kappa shape index (κ3) is 1.73. The summed E-state index contributed by atoms with van der Waals surface area (Å²) in [5.41, 5.74) is 0.458. The molecule has 0 saturated heterocycles. The van der Waals surface area contributed by atoms with E-state index in [1.165, 1.54) is 19.1 Å². The first-order chi connectivity index (χ1) is 6.35. The van der Waals surface area contributed by atoms with Crippen molar-refractivity contribution < 1.29 is 18.7 Å². The minimum atomic E-state index is -3.81. The lowest BCUT2D eigenvalue weighted by Crippen LogP contribution is -2.26. The van der Waals surface area contributed by atoms with Gasteiger partial charge in [0.2, 0.25) is 0 Å². The summed E-state index contributed by atoms with van der Waals surface area (Å²) >= 11 is 0. The average Bonchev–Trinajstić information content (AvgIpc) is 2.08. The Labute approximate surface area is 80.2 Å². The summed E-state index contributed by atoms with van der Waals surface area (Å²) in [6.07, 6.45) is 0. The number of aliphatic carboxylic acids is 1. The average molecular weight is 200 g/mol. The predicted molar refractivity (Wildman–Crippen MR) is 47.4 cm³/mol. The molecule has 0 aliphatic heterocycles. The van der Waals surface area contributed by atoms with Crippen LogP contribution in [-0.4, -0.2) is 11.1 Å². The van der Waals surface area contributed by atoms with Crippen LogP contribution in [0.25, 0.3) is 0 Å². The van der Waals surface area contributed by atoms with Gasteiger partial charge in [-0.3, -0.25) is 0 Å². The first-order valence-electron chi connectivity index (χ1n) is 4.04. The zero-order valence-corrected chi connectivity index (χ0v) is 7.84. The molecule has 0 heterocycles. The molecule has 1 rings (SSSR count). The van der Waals surface area contributed by atoms with Gasteiger partial charge in [-0.2, -0.15) is 8.78 Å². The first-order valence-corrected chi connectivity index (χ1v) is 4.04. The molecule has 0 fully saturated rings. The first kappa shape index (κ1) is 10.6. The highest BCUT2D eigenvalue weighted by molar-refractivity contribution is 5.77. The lowest BCUT2D eigenvalue weighted by molar-refractivity contribution is -0.166. The number of alkyl halides is 2. The topological polar surface area (TPSA) is 37.3 Å². The normalized spacial score (nSPS) is 11.4. The molecule has 0 saturated carbocycles. The van der Waals surface area contributed by atoms with Crippen LogP contribution in [0.15, 0.2) is 18.2 Å². The predicted octanol–water partition coefficient (Wildman–Crippen LogP) is 2.48. The van der Waals surface area contributed by atoms with E-state index in [9.17, 15) is 13.6 Å². The number of carbonyl (C=O) groups is 1. The number of aryl methyl sites for hydroxylation is 2. The molecule has 2 nitrogen and oxygen atoms in total. The monoisotopic (exact) mass is 200 g/mol. The SMILES string of the molecule is Cc1ccc(C)c(C(F)(F)C(=O)O)c1. The molecule has 0 aromatic heterocycles. The highest BCUT2D eigenvalue weighted by atomic mass is 19.3. The molecule has 4 heteroatoms. The van der Waals surface area contributed by atoms with Crippen LogP contribution in [-0.2, 0) is 10.7 Å². The van der Waals surface area contributed by atoms with Crippen LogP contribution in [0.4, 0.5) is 8.78 Å². The van der Waals surface area contributed by atoms with E-state index in [0.717, 1.165) is 0 Å². The molecule has 0 atom stereocenters. The van der Waals surface area contributed by atoms with Crippen molar-refractivity contribution >= 4 is 5.97 Å². The third-order valence-corrected chi connectivity index (χ3v) is 2.00. The minimum absolute atomic E-state index is 0.281. The Morgan fingerprint density at radius 1 is 1.36 bits per heavy atom. The van der Waals surface area contributed by atoms with Crippen LogP contribution in [0.1, 0.15) is 16.7 Å². The highest BCUT2D eigenvalue weighted by Gasteiger charge is 2.42. The molecule has 0 aliphatic carbocycles. The van der Waals surface area contributed by atoms with Crippen LogP contribution < -0.4 is 0 Å². The van der Waals surface area contributed by atoms with Gasteiger partial charge in [0.05, 0.1) is 0 Å². The van der Waals surface area contributed by atoms with Crippen LogP contribution in [0.5, 0.6) is 0 Å². The van der Waals surface area contributed by atoms with Crippen molar-refractivity contribution in [2.45, 2.75) is 19.8 Å². The molecule has 1 aromatic carbocycles. The number of carboxylic acids is 1. The second-order valence-corrected chi connectivity index (χ2v) is 3.20. The maximum atomic E-state index is 13.1.